The third kappa shape index (κ3) is 4.35. The highest BCUT2D eigenvalue weighted by molar-refractivity contribution is 8.03. The molecule has 0 amide bonds. The SMILES string of the molecule is N#C/C(=C(/Nc1ccccc1)SCCN)c1ccccn1. The molecule has 2 aromatic rings. The van der Waals surface area contributed by atoms with Gasteiger partial charge in [-0.3, -0.25) is 4.98 Å². The predicted molar refractivity (Wildman–Crippen MR) is 88.3 cm³/mol. The molecule has 0 fully saturated rings. The number of nitriles is 1. The average molecular weight is 296 g/mol. The summed E-state index contributed by atoms with van der Waals surface area (Å²) in [6, 6.07) is 17.5. The Morgan fingerprint density at radius 1 is 1.19 bits per heavy atom. The monoisotopic (exact) mass is 296 g/mol. The molecule has 0 aliphatic rings. The minimum Gasteiger partial charge on any atom is -0.349 e. The van der Waals surface area contributed by atoms with Gasteiger partial charge >= 0.3 is 0 Å². The fraction of sp³-hybridized carbons (Fsp3) is 0.125. The van der Waals surface area contributed by atoms with Gasteiger partial charge in [0.25, 0.3) is 0 Å². The summed E-state index contributed by atoms with van der Waals surface area (Å²) in [6.07, 6.45) is 1.68. The molecule has 4 nitrogen and oxygen atoms in total. The van der Waals surface area contributed by atoms with Crippen LogP contribution in [0.1, 0.15) is 5.69 Å². The van der Waals surface area contributed by atoms with Crippen molar-refractivity contribution in [1.29, 1.82) is 5.26 Å². The van der Waals surface area contributed by atoms with E-state index in [0.29, 0.717) is 17.8 Å². The van der Waals surface area contributed by atoms with Gasteiger partial charge in [0.15, 0.2) is 0 Å². The molecule has 106 valence electrons. The van der Waals surface area contributed by atoms with Crippen LogP contribution >= 0.6 is 11.8 Å². The number of para-hydroxylation sites is 1. The van der Waals surface area contributed by atoms with Gasteiger partial charge < -0.3 is 11.1 Å². The molecule has 1 aromatic heterocycles. The maximum atomic E-state index is 9.49. The Hall–Kier alpha value is -2.29. The molecule has 2 rings (SSSR count). The molecule has 0 radical (unpaired) electrons. The molecular weight excluding hydrogens is 280 g/mol. The number of nitrogens with two attached hydrogens (primary N) is 1. The number of benzene rings is 1. The number of rotatable bonds is 6. The van der Waals surface area contributed by atoms with Gasteiger partial charge in [0.05, 0.1) is 10.7 Å². The lowest BCUT2D eigenvalue weighted by molar-refractivity contribution is 1.15. The van der Waals surface area contributed by atoms with Crippen LogP contribution in [0.5, 0.6) is 0 Å². The fourth-order valence-electron chi connectivity index (χ4n) is 1.72. The molecule has 1 aromatic carbocycles. The highest BCUT2D eigenvalue weighted by Gasteiger charge is 2.11. The van der Waals surface area contributed by atoms with E-state index in [1.807, 2.05) is 48.5 Å². The molecule has 3 N–H and O–H groups in total. The predicted octanol–water partition coefficient (Wildman–Crippen LogP) is 3.08. The number of pyridine rings is 1. The third-order valence-corrected chi connectivity index (χ3v) is 3.69. The molecule has 5 heteroatoms. The molecule has 0 saturated heterocycles. The van der Waals surface area contributed by atoms with Crippen LogP contribution in [-0.2, 0) is 0 Å². The van der Waals surface area contributed by atoms with E-state index in [0.717, 1.165) is 16.5 Å². The number of hydrogen-bond acceptors (Lipinski definition) is 5. The van der Waals surface area contributed by atoms with E-state index in [4.69, 9.17) is 5.73 Å². The van der Waals surface area contributed by atoms with Gasteiger partial charge in [0.2, 0.25) is 0 Å². The quantitative estimate of drug-likeness (QED) is 0.801. The first kappa shape index (κ1) is 15.1. The Labute approximate surface area is 128 Å². The number of nitrogens with zero attached hydrogens (tertiary/aromatic N) is 2. The lowest BCUT2D eigenvalue weighted by Gasteiger charge is -2.12. The highest BCUT2D eigenvalue weighted by atomic mass is 32.2. The average Bonchev–Trinajstić information content (AvgIpc) is 2.55. The Balaban J connectivity index is 2.37. The molecule has 0 bridgehead atoms. The number of thioether (sulfide) groups is 1. The minimum absolute atomic E-state index is 0.526. The van der Waals surface area contributed by atoms with E-state index >= 15 is 0 Å². The molecule has 21 heavy (non-hydrogen) atoms. The number of anilines is 1. The first-order valence-electron chi connectivity index (χ1n) is 6.56. The van der Waals surface area contributed by atoms with Crippen LogP contribution in [0.25, 0.3) is 5.57 Å². The molecular formula is C16H16N4S. The van der Waals surface area contributed by atoms with Gasteiger partial charge in [-0.2, -0.15) is 5.26 Å². The zero-order valence-corrected chi connectivity index (χ0v) is 12.3. The van der Waals surface area contributed by atoms with E-state index < -0.39 is 0 Å². The van der Waals surface area contributed by atoms with Crippen molar-refractivity contribution < 1.29 is 0 Å². The Morgan fingerprint density at radius 2 is 1.95 bits per heavy atom. The smallest absolute Gasteiger partial charge is 0.108 e. The van der Waals surface area contributed by atoms with E-state index in [1.54, 1.807) is 6.20 Å². The van der Waals surface area contributed by atoms with Gasteiger partial charge in [0, 0.05) is 24.2 Å². The maximum Gasteiger partial charge on any atom is 0.108 e. The van der Waals surface area contributed by atoms with Crippen LogP contribution in [0, 0.1) is 11.3 Å². The zero-order chi connectivity index (χ0) is 14.9. The number of aromatic nitrogens is 1. The Morgan fingerprint density at radius 3 is 2.57 bits per heavy atom. The maximum absolute atomic E-state index is 9.49. The summed E-state index contributed by atoms with van der Waals surface area (Å²) in [5.41, 5.74) is 7.69. The van der Waals surface area contributed by atoms with Crippen molar-refractivity contribution in [3.05, 3.63) is 65.5 Å². The second-order valence-corrected chi connectivity index (χ2v) is 5.26. The van der Waals surface area contributed by atoms with Gasteiger partial charge in [0.1, 0.15) is 11.6 Å². The summed E-state index contributed by atoms with van der Waals surface area (Å²) in [5, 5.41) is 13.6. The van der Waals surface area contributed by atoms with Crippen LogP contribution in [0.2, 0.25) is 0 Å². The summed E-state index contributed by atoms with van der Waals surface area (Å²) in [7, 11) is 0. The van der Waals surface area contributed by atoms with Crippen molar-refractivity contribution in [2.24, 2.45) is 5.73 Å². The summed E-state index contributed by atoms with van der Waals surface area (Å²) in [4.78, 5) is 4.26. The number of allylic oxidation sites excluding steroid dienone is 1. The van der Waals surface area contributed by atoms with Crippen molar-refractivity contribution in [2.75, 3.05) is 17.6 Å². The van der Waals surface area contributed by atoms with Gasteiger partial charge in [-0.1, -0.05) is 24.3 Å². The summed E-state index contributed by atoms with van der Waals surface area (Å²) >= 11 is 1.52. The van der Waals surface area contributed by atoms with E-state index in [-0.39, 0.29) is 0 Å². The molecule has 0 unspecified atom stereocenters. The standard InChI is InChI=1S/C16H16N4S/c17-9-11-21-16(20-13-6-2-1-3-7-13)14(12-18)15-8-4-5-10-19-15/h1-8,10,20H,9,11,17H2/b16-14+. The van der Waals surface area contributed by atoms with Crippen molar-refractivity contribution in [3.63, 3.8) is 0 Å². The van der Waals surface area contributed by atoms with Crippen LogP contribution in [0.4, 0.5) is 5.69 Å². The van der Waals surface area contributed by atoms with Crippen molar-refractivity contribution in [2.45, 2.75) is 0 Å². The molecule has 0 aliphatic heterocycles. The number of nitrogens with one attached hydrogen (secondary N) is 1. The van der Waals surface area contributed by atoms with E-state index in [1.165, 1.54) is 11.8 Å². The third-order valence-electron chi connectivity index (χ3n) is 2.66. The lowest BCUT2D eigenvalue weighted by atomic mass is 10.2. The second-order valence-electron chi connectivity index (χ2n) is 4.16. The first-order chi connectivity index (χ1) is 10.3. The van der Waals surface area contributed by atoms with Gasteiger partial charge in [-0.25, -0.2) is 0 Å². The first-order valence-corrected chi connectivity index (χ1v) is 7.54. The van der Waals surface area contributed by atoms with Crippen LogP contribution in [0.3, 0.4) is 0 Å². The summed E-state index contributed by atoms with van der Waals surface area (Å²) in [6.45, 7) is 0.547. The van der Waals surface area contributed by atoms with Crippen molar-refractivity contribution >= 4 is 23.0 Å². The Bertz CT molecular complexity index is 632. The largest absolute Gasteiger partial charge is 0.349 e. The molecule has 0 atom stereocenters. The summed E-state index contributed by atoms with van der Waals surface area (Å²) in [5.74, 6) is 0.729. The van der Waals surface area contributed by atoms with E-state index in [2.05, 4.69) is 16.4 Å². The number of hydrogen-bond donors (Lipinski definition) is 2. The van der Waals surface area contributed by atoms with Crippen molar-refractivity contribution in [1.82, 2.24) is 4.98 Å². The molecule has 0 aliphatic carbocycles. The minimum atomic E-state index is 0.526. The van der Waals surface area contributed by atoms with Crippen molar-refractivity contribution in [3.8, 4) is 6.07 Å². The van der Waals surface area contributed by atoms with Crippen LogP contribution in [-0.4, -0.2) is 17.3 Å². The molecule has 0 spiro atoms. The fourth-order valence-corrected chi connectivity index (χ4v) is 2.53. The van der Waals surface area contributed by atoms with Gasteiger partial charge in [-0.15, -0.1) is 11.8 Å². The zero-order valence-electron chi connectivity index (χ0n) is 11.5. The lowest BCUT2D eigenvalue weighted by Crippen LogP contribution is -2.06. The van der Waals surface area contributed by atoms with Gasteiger partial charge in [-0.05, 0) is 24.3 Å². The normalized spacial score (nSPS) is 11.4. The second kappa shape index (κ2) is 8.10. The van der Waals surface area contributed by atoms with Crippen LogP contribution < -0.4 is 11.1 Å². The topological polar surface area (TPSA) is 74.7 Å². The molecule has 1 heterocycles. The summed E-state index contributed by atoms with van der Waals surface area (Å²) < 4.78 is 0. The van der Waals surface area contributed by atoms with E-state index in [9.17, 15) is 5.26 Å². The Kier molecular flexibility index (Phi) is 5.83. The molecule has 0 saturated carbocycles. The highest BCUT2D eigenvalue weighted by Crippen LogP contribution is 2.27. The van der Waals surface area contributed by atoms with Crippen LogP contribution in [0.15, 0.2) is 59.8 Å².